The summed E-state index contributed by atoms with van der Waals surface area (Å²) < 4.78 is 0. The highest BCUT2D eigenvalue weighted by atomic mass is 127. The van der Waals surface area contributed by atoms with Crippen molar-refractivity contribution in [1.82, 2.24) is 15.5 Å². The Morgan fingerprint density at radius 3 is 2.35 bits per heavy atom. The van der Waals surface area contributed by atoms with Crippen molar-refractivity contribution in [3.63, 3.8) is 0 Å². The highest BCUT2D eigenvalue weighted by Gasteiger charge is 2.21. The standard InChI is InChI=1S/C21H34N4.HI/c1-3-22-21(23-14-18-8-9-18)24-15-19-10-12-25(13-11-19)16-20-6-4-17(2)5-7-20;/h4-7,18-19H,3,8-16H2,1-2H3,(H2,22,23,24);1H. The lowest BCUT2D eigenvalue weighted by molar-refractivity contribution is 0.178. The van der Waals surface area contributed by atoms with Gasteiger partial charge in [0.25, 0.3) is 0 Å². The van der Waals surface area contributed by atoms with Crippen molar-refractivity contribution >= 4 is 29.9 Å². The molecule has 0 amide bonds. The summed E-state index contributed by atoms with van der Waals surface area (Å²) in [4.78, 5) is 7.31. The summed E-state index contributed by atoms with van der Waals surface area (Å²) in [5.74, 6) is 2.62. The Kier molecular flexibility index (Phi) is 9.19. The lowest BCUT2D eigenvalue weighted by atomic mass is 9.96. The van der Waals surface area contributed by atoms with Crippen LogP contribution in [-0.4, -0.2) is 43.6 Å². The first-order valence-electron chi connectivity index (χ1n) is 10.0. The van der Waals surface area contributed by atoms with Crippen molar-refractivity contribution in [2.24, 2.45) is 16.8 Å². The minimum absolute atomic E-state index is 0. The van der Waals surface area contributed by atoms with E-state index in [1.165, 1.54) is 49.9 Å². The van der Waals surface area contributed by atoms with Crippen LogP contribution < -0.4 is 10.6 Å². The molecule has 1 saturated carbocycles. The predicted octanol–water partition coefficient (Wildman–Crippen LogP) is 3.79. The lowest BCUT2D eigenvalue weighted by Crippen LogP contribution is -2.42. The third-order valence-electron chi connectivity index (χ3n) is 5.34. The highest BCUT2D eigenvalue weighted by Crippen LogP contribution is 2.28. The average Bonchev–Trinajstić information content (AvgIpc) is 3.45. The Morgan fingerprint density at radius 1 is 1.04 bits per heavy atom. The Bertz CT molecular complexity index is 546. The van der Waals surface area contributed by atoms with Crippen LogP contribution in [0.2, 0.25) is 0 Å². The maximum Gasteiger partial charge on any atom is 0.191 e. The van der Waals surface area contributed by atoms with Crippen LogP contribution in [0.3, 0.4) is 0 Å². The van der Waals surface area contributed by atoms with Gasteiger partial charge in [-0.05, 0) is 70.0 Å². The third kappa shape index (κ3) is 7.43. The minimum atomic E-state index is 0. The summed E-state index contributed by atoms with van der Waals surface area (Å²) in [7, 11) is 0. The molecule has 26 heavy (non-hydrogen) atoms. The Labute approximate surface area is 176 Å². The number of likely N-dealkylation sites (tertiary alicyclic amines) is 1. The second-order valence-electron chi connectivity index (χ2n) is 7.75. The van der Waals surface area contributed by atoms with E-state index in [1.807, 2.05) is 0 Å². The van der Waals surface area contributed by atoms with E-state index in [1.54, 1.807) is 0 Å². The summed E-state index contributed by atoms with van der Waals surface area (Å²) in [6.07, 6.45) is 5.28. The van der Waals surface area contributed by atoms with Crippen LogP contribution in [-0.2, 0) is 6.54 Å². The van der Waals surface area contributed by atoms with Crippen LogP contribution in [0.1, 0.15) is 43.7 Å². The van der Waals surface area contributed by atoms with E-state index in [0.717, 1.165) is 44.0 Å². The fourth-order valence-corrected chi connectivity index (χ4v) is 3.40. The number of nitrogens with one attached hydrogen (secondary N) is 2. The molecule has 5 heteroatoms. The molecule has 2 aliphatic rings. The molecule has 0 aromatic heterocycles. The second-order valence-corrected chi connectivity index (χ2v) is 7.75. The van der Waals surface area contributed by atoms with Gasteiger partial charge < -0.3 is 10.6 Å². The molecule has 1 saturated heterocycles. The maximum absolute atomic E-state index is 4.72. The number of guanidine groups is 1. The van der Waals surface area contributed by atoms with Crippen molar-refractivity contribution < 1.29 is 0 Å². The molecule has 2 N–H and O–H groups in total. The Balaban J connectivity index is 0.00000243. The molecule has 0 bridgehead atoms. The van der Waals surface area contributed by atoms with Crippen molar-refractivity contribution in [1.29, 1.82) is 0 Å². The van der Waals surface area contributed by atoms with E-state index in [-0.39, 0.29) is 24.0 Å². The van der Waals surface area contributed by atoms with Gasteiger partial charge >= 0.3 is 0 Å². The fraction of sp³-hybridized carbons (Fsp3) is 0.667. The molecule has 0 unspecified atom stereocenters. The summed E-state index contributed by atoms with van der Waals surface area (Å²) in [5.41, 5.74) is 2.78. The number of benzene rings is 1. The van der Waals surface area contributed by atoms with Crippen molar-refractivity contribution in [2.45, 2.75) is 46.1 Å². The monoisotopic (exact) mass is 470 g/mol. The molecule has 1 aromatic rings. The highest BCUT2D eigenvalue weighted by molar-refractivity contribution is 14.0. The van der Waals surface area contributed by atoms with Crippen molar-refractivity contribution in [3.8, 4) is 0 Å². The normalized spacial score (nSPS) is 19.1. The number of aliphatic imine (C=N–C) groups is 1. The quantitative estimate of drug-likeness (QED) is 0.362. The van der Waals surface area contributed by atoms with Crippen LogP contribution in [0.15, 0.2) is 29.3 Å². The topological polar surface area (TPSA) is 39.7 Å². The molecule has 0 atom stereocenters. The maximum atomic E-state index is 4.72. The SMILES string of the molecule is CCNC(=NCC1CC1)NCC1CCN(Cc2ccc(C)cc2)CC1.I. The van der Waals surface area contributed by atoms with Crippen LogP contribution in [0.5, 0.6) is 0 Å². The number of hydrogen-bond donors (Lipinski definition) is 2. The van der Waals surface area contributed by atoms with E-state index in [9.17, 15) is 0 Å². The molecule has 1 aliphatic heterocycles. The van der Waals surface area contributed by atoms with Gasteiger partial charge in [0.1, 0.15) is 0 Å². The smallest absolute Gasteiger partial charge is 0.191 e. The lowest BCUT2D eigenvalue weighted by Gasteiger charge is -2.32. The van der Waals surface area contributed by atoms with Gasteiger partial charge in [-0.15, -0.1) is 24.0 Å². The van der Waals surface area contributed by atoms with Crippen LogP contribution in [0, 0.1) is 18.8 Å². The summed E-state index contributed by atoms with van der Waals surface area (Å²) in [5, 5.41) is 6.94. The first-order chi connectivity index (χ1) is 12.2. The summed E-state index contributed by atoms with van der Waals surface area (Å²) >= 11 is 0. The third-order valence-corrected chi connectivity index (χ3v) is 5.34. The molecule has 1 aliphatic carbocycles. The van der Waals surface area contributed by atoms with E-state index >= 15 is 0 Å². The minimum Gasteiger partial charge on any atom is -0.357 e. The zero-order valence-electron chi connectivity index (χ0n) is 16.3. The molecule has 0 spiro atoms. The van der Waals surface area contributed by atoms with Gasteiger partial charge in [0.15, 0.2) is 5.96 Å². The van der Waals surface area contributed by atoms with E-state index in [4.69, 9.17) is 4.99 Å². The first kappa shape index (κ1) is 21.5. The van der Waals surface area contributed by atoms with E-state index in [0.29, 0.717) is 0 Å². The number of halogens is 1. The van der Waals surface area contributed by atoms with Gasteiger partial charge in [-0.2, -0.15) is 0 Å². The zero-order valence-corrected chi connectivity index (χ0v) is 18.7. The van der Waals surface area contributed by atoms with Crippen LogP contribution in [0.4, 0.5) is 0 Å². The van der Waals surface area contributed by atoms with Crippen molar-refractivity contribution in [2.75, 3.05) is 32.7 Å². The van der Waals surface area contributed by atoms with Gasteiger partial charge in [0.2, 0.25) is 0 Å². The van der Waals surface area contributed by atoms with Gasteiger partial charge in [-0.1, -0.05) is 29.8 Å². The Morgan fingerprint density at radius 2 is 1.73 bits per heavy atom. The molecule has 3 rings (SSSR count). The number of aryl methyl sites for hydroxylation is 1. The second kappa shape index (κ2) is 11.1. The van der Waals surface area contributed by atoms with Gasteiger partial charge in [0, 0.05) is 26.2 Å². The first-order valence-corrected chi connectivity index (χ1v) is 10.0. The van der Waals surface area contributed by atoms with E-state index < -0.39 is 0 Å². The van der Waals surface area contributed by atoms with Crippen LogP contribution >= 0.6 is 24.0 Å². The largest absolute Gasteiger partial charge is 0.357 e. The van der Waals surface area contributed by atoms with Gasteiger partial charge in [0.05, 0.1) is 0 Å². The molecule has 0 radical (unpaired) electrons. The molecule has 146 valence electrons. The molecule has 1 aromatic carbocycles. The molecule has 1 heterocycles. The Hall–Kier alpha value is -0.820. The number of piperidine rings is 1. The number of hydrogen-bond acceptors (Lipinski definition) is 2. The van der Waals surface area contributed by atoms with Gasteiger partial charge in [-0.25, -0.2) is 0 Å². The number of rotatable bonds is 7. The summed E-state index contributed by atoms with van der Waals surface area (Å²) in [6, 6.07) is 8.97. The predicted molar refractivity (Wildman–Crippen MR) is 121 cm³/mol. The van der Waals surface area contributed by atoms with Gasteiger partial charge in [-0.3, -0.25) is 9.89 Å². The zero-order chi connectivity index (χ0) is 17.5. The molecule has 4 nitrogen and oxygen atoms in total. The number of nitrogens with zero attached hydrogens (tertiary/aromatic N) is 2. The van der Waals surface area contributed by atoms with Crippen LogP contribution in [0.25, 0.3) is 0 Å². The summed E-state index contributed by atoms with van der Waals surface area (Å²) in [6.45, 7) is 10.8. The fourth-order valence-electron chi connectivity index (χ4n) is 3.40. The molecule has 2 fully saturated rings. The molecular weight excluding hydrogens is 435 g/mol. The average molecular weight is 470 g/mol. The van der Waals surface area contributed by atoms with Crippen molar-refractivity contribution in [3.05, 3.63) is 35.4 Å². The molecular formula is C21H35IN4. The van der Waals surface area contributed by atoms with E-state index in [2.05, 4.69) is 53.6 Å².